The van der Waals surface area contributed by atoms with Crippen LogP contribution >= 0.6 is 0 Å². The first-order valence-corrected chi connectivity index (χ1v) is 8.77. The van der Waals surface area contributed by atoms with E-state index >= 15 is 0 Å². The molecule has 0 saturated heterocycles. The molecule has 0 aliphatic rings. The van der Waals surface area contributed by atoms with Crippen molar-refractivity contribution in [2.45, 2.75) is 57.9 Å². The molecule has 0 aromatic carbocycles. The van der Waals surface area contributed by atoms with Crippen LogP contribution in [-0.4, -0.2) is 50.6 Å². The normalized spacial score (nSPS) is 11.0. The third-order valence-corrected chi connectivity index (χ3v) is 3.67. The Morgan fingerprint density at radius 1 is 0.917 bits per heavy atom. The van der Waals surface area contributed by atoms with Gasteiger partial charge < -0.3 is 31.6 Å². The summed E-state index contributed by atoms with van der Waals surface area (Å²) in [6.07, 6.45) is 3.75. The zero-order valence-corrected chi connectivity index (χ0v) is 15.1. The predicted molar refractivity (Wildman–Crippen MR) is 93.7 cm³/mol. The van der Waals surface area contributed by atoms with Gasteiger partial charge in [-0.15, -0.1) is 0 Å². The molecule has 6 N–H and O–H groups in total. The van der Waals surface area contributed by atoms with E-state index < -0.39 is 17.7 Å². The van der Waals surface area contributed by atoms with Crippen molar-refractivity contribution in [2.75, 3.05) is 32.8 Å². The van der Waals surface area contributed by atoms with Gasteiger partial charge in [0.2, 0.25) is 0 Å². The fourth-order valence-corrected chi connectivity index (χ4v) is 1.86. The molecule has 0 aromatic heterocycles. The summed E-state index contributed by atoms with van der Waals surface area (Å²) in [5.41, 5.74) is 11.1. The van der Waals surface area contributed by atoms with Crippen LogP contribution in [-0.2, 0) is 9.47 Å². The summed E-state index contributed by atoms with van der Waals surface area (Å²) in [6.45, 7) is 5.85. The Bertz CT molecular complexity index is 325. The van der Waals surface area contributed by atoms with Gasteiger partial charge in [-0.25, -0.2) is 9.59 Å². The number of nitrogens with two attached hydrogens (primary N) is 2. The summed E-state index contributed by atoms with van der Waals surface area (Å²) >= 11 is 0. The lowest BCUT2D eigenvalue weighted by atomic mass is 9.93. The summed E-state index contributed by atoms with van der Waals surface area (Å²) in [4.78, 5) is 22.9. The Hall–Kier alpha value is -1.54. The van der Waals surface area contributed by atoms with Crippen LogP contribution in [0.25, 0.3) is 0 Å². The molecule has 0 saturated carbocycles. The van der Waals surface area contributed by atoms with Crippen molar-refractivity contribution in [3.8, 4) is 0 Å². The fourth-order valence-electron chi connectivity index (χ4n) is 1.86. The molecule has 8 heteroatoms. The van der Waals surface area contributed by atoms with Gasteiger partial charge in [-0.3, -0.25) is 0 Å². The standard InChI is InChI=1S/C16H34N4O4/c1-3-5-9-19-14(21)23-11-7-16(18,13-17)8-12-24-15(22)20-10-6-4-2/h3-13,17-18H2,1-2H3,(H,19,21)(H,20,22). The van der Waals surface area contributed by atoms with Gasteiger partial charge in [0.25, 0.3) is 0 Å². The number of nitrogens with one attached hydrogen (secondary N) is 2. The fraction of sp³-hybridized carbons (Fsp3) is 0.875. The second kappa shape index (κ2) is 13.9. The largest absolute Gasteiger partial charge is 0.449 e. The van der Waals surface area contributed by atoms with E-state index in [-0.39, 0.29) is 19.8 Å². The molecule has 142 valence electrons. The number of amides is 2. The molecule has 0 unspecified atom stereocenters. The second-order valence-corrected chi connectivity index (χ2v) is 5.90. The van der Waals surface area contributed by atoms with Crippen LogP contribution in [0.5, 0.6) is 0 Å². The van der Waals surface area contributed by atoms with Gasteiger partial charge in [0, 0.05) is 38.0 Å². The van der Waals surface area contributed by atoms with Gasteiger partial charge in [0.15, 0.2) is 0 Å². The Morgan fingerprint density at radius 3 is 1.67 bits per heavy atom. The molecular formula is C16H34N4O4. The molecule has 0 spiro atoms. The lowest BCUT2D eigenvalue weighted by Gasteiger charge is -2.27. The number of rotatable bonds is 13. The number of unbranched alkanes of at least 4 members (excludes halogenated alkanes) is 2. The van der Waals surface area contributed by atoms with Gasteiger partial charge in [-0.05, 0) is 12.8 Å². The third kappa shape index (κ3) is 12.0. The minimum absolute atomic E-state index is 0.175. The van der Waals surface area contributed by atoms with Crippen molar-refractivity contribution in [2.24, 2.45) is 11.5 Å². The van der Waals surface area contributed by atoms with Crippen LogP contribution in [0.2, 0.25) is 0 Å². The summed E-state index contributed by atoms with van der Waals surface area (Å²) in [5, 5.41) is 5.32. The molecule has 0 aliphatic carbocycles. The van der Waals surface area contributed by atoms with Crippen LogP contribution in [0.4, 0.5) is 9.59 Å². The highest BCUT2D eigenvalue weighted by Gasteiger charge is 2.24. The smallest absolute Gasteiger partial charge is 0.407 e. The second-order valence-electron chi connectivity index (χ2n) is 5.90. The molecule has 0 aliphatic heterocycles. The van der Waals surface area contributed by atoms with E-state index in [4.69, 9.17) is 20.9 Å². The highest BCUT2D eigenvalue weighted by Crippen LogP contribution is 2.11. The Labute approximate surface area is 145 Å². The minimum atomic E-state index is -0.729. The summed E-state index contributed by atoms with van der Waals surface area (Å²) in [6, 6.07) is 0. The van der Waals surface area contributed by atoms with Gasteiger partial charge >= 0.3 is 12.2 Å². The molecule has 0 heterocycles. The van der Waals surface area contributed by atoms with Gasteiger partial charge in [-0.1, -0.05) is 26.7 Å². The van der Waals surface area contributed by atoms with Crippen molar-refractivity contribution in [3.63, 3.8) is 0 Å². The Balaban J connectivity index is 3.90. The zero-order chi connectivity index (χ0) is 18.3. The highest BCUT2D eigenvalue weighted by molar-refractivity contribution is 5.67. The Morgan fingerprint density at radius 2 is 1.33 bits per heavy atom. The molecule has 0 bridgehead atoms. The summed E-state index contributed by atoms with van der Waals surface area (Å²) in [5.74, 6) is 0. The third-order valence-electron chi connectivity index (χ3n) is 3.67. The molecule has 0 fully saturated rings. The van der Waals surface area contributed by atoms with E-state index in [1.165, 1.54) is 0 Å². The average molecular weight is 346 g/mol. The molecular weight excluding hydrogens is 312 g/mol. The molecule has 0 rings (SSSR count). The highest BCUT2D eigenvalue weighted by atomic mass is 16.6. The van der Waals surface area contributed by atoms with E-state index in [1.54, 1.807) is 0 Å². The van der Waals surface area contributed by atoms with Crippen LogP contribution in [0, 0.1) is 0 Å². The van der Waals surface area contributed by atoms with Crippen molar-refractivity contribution in [1.82, 2.24) is 10.6 Å². The zero-order valence-electron chi connectivity index (χ0n) is 15.1. The van der Waals surface area contributed by atoms with E-state index in [9.17, 15) is 9.59 Å². The lowest BCUT2D eigenvalue weighted by molar-refractivity contribution is 0.119. The van der Waals surface area contributed by atoms with Crippen molar-refractivity contribution < 1.29 is 19.1 Å². The van der Waals surface area contributed by atoms with Crippen molar-refractivity contribution in [1.29, 1.82) is 0 Å². The summed E-state index contributed by atoms with van der Waals surface area (Å²) < 4.78 is 10.1. The maximum Gasteiger partial charge on any atom is 0.407 e. The van der Waals surface area contributed by atoms with Gasteiger partial charge in [-0.2, -0.15) is 0 Å². The molecule has 24 heavy (non-hydrogen) atoms. The van der Waals surface area contributed by atoms with Crippen LogP contribution in [0.15, 0.2) is 0 Å². The topological polar surface area (TPSA) is 129 Å². The average Bonchev–Trinajstić information content (AvgIpc) is 2.55. The van der Waals surface area contributed by atoms with Crippen LogP contribution in [0.3, 0.4) is 0 Å². The van der Waals surface area contributed by atoms with Crippen LogP contribution < -0.4 is 22.1 Å². The number of hydrogen-bond donors (Lipinski definition) is 4. The lowest BCUT2D eigenvalue weighted by Crippen LogP contribution is -2.49. The molecule has 0 atom stereocenters. The first kappa shape index (κ1) is 22.5. The van der Waals surface area contributed by atoms with E-state index in [1.807, 2.05) is 13.8 Å². The number of carbonyl (C=O) groups excluding carboxylic acids is 2. The number of alkyl carbamates (subject to hydrolysis) is 2. The SMILES string of the molecule is CCCCNC(=O)OCCC(N)(CN)CCOC(=O)NCCCC. The predicted octanol–water partition coefficient (Wildman–Crippen LogP) is 1.48. The van der Waals surface area contributed by atoms with Gasteiger partial charge in [0.1, 0.15) is 0 Å². The first-order valence-electron chi connectivity index (χ1n) is 8.77. The molecule has 0 radical (unpaired) electrons. The molecule has 2 amide bonds. The number of ether oxygens (including phenoxy) is 2. The van der Waals surface area contributed by atoms with E-state index in [0.717, 1.165) is 25.7 Å². The molecule has 0 aromatic rings. The molecule has 8 nitrogen and oxygen atoms in total. The monoisotopic (exact) mass is 346 g/mol. The number of hydrogen-bond acceptors (Lipinski definition) is 6. The number of carbonyl (C=O) groups is 2. The minimum Gasteiger partial charge on any atom is -0.449 e. The van der Waals surface area contributed by atoms with Crippen molar-refractivity contribution >= 4 is 12.2 Å². The Kier molecular flexibility index (Phi) is 13.0. The quantitative estimate of drug-likeness (QED) is 0.374. The van der Waals surface area contributed by atoms with Gasteiger partial charge in [0.05, 0.1) is 13.2 Å². The van der Waals surface area contributed by atoms with E-state index in [0.29, 0.717) is 25.9 Å². The van der Waals surface area contributed by atoms with Crippen molar-refractivity contribution in [3.05, 3.63) is 0 Å². The maximum absolute atomic E-state index is 11.4. The first-order chi connectivity index (χ1) is 11.5. The van der Waals surface area contributed by atoms with E-state index in [2.05, 4.69) is 10.6 Å². The summed E-state index contributed by atoms with van der Waals surface area (Å²) in [7, 11) is 0. The maximum atomic E-state index is 11.4. The van der Waals surface area contributed by atoms with Crippen LogP contribution in [0.1, 0.15) is 52.4 Å².